The highest BCUT2D eigenvalue weighted by Gasteiger charge is 2.29. The zero-order chi connectivity index (χ0) is 14.9. The van der Waals surface area contributed by atoms with E-state index in [1.54, 1.807) is 4.90 Å². The number of aliphatic carboxylic acids is 1. The summed E-state index contributed by atoms with van der Waals surface area (Å²) in [6, 6.07) is 4.02. The topological polar surface area (TPSA) is 77.2 Å². The Hall–Kier alpha value is -2.09. The molecule has 20 heavy (non-hydrogen) atoms. The van der Waals surface area contributed by atoms with Crippen LogP contribution >= 0.6 is 0 Å². The summed E-state index contributed by atoms with van der Waals surface area (Å²) in [5.74, 6) is -0.436. The summed E-state index contributed by atoms with van der Waals surface area (Å²) in [5, 5.41) is 18.4. The van der Waals surface area contributed by atoms with Gasteiger partial charge in [-0.1, -0.05) is 0 Å². The van der Waals surface area contributed by atoms with Crippen molar-refractivity contribution in [2.75, 3.05) is 11.4 Å². The first-order chi connectivity index (χ1) is 9.32. The van der Waals surface area contributed by atoms with Gasteiger partial charge < -0.3 is 10.0 Å². The maximum absolute atomic E-state index is 11.1. The zero-order valence-corrected chi connectivity index (χ0v) is 12.1. The minimum atomic E-state index is -0.925. The maximum atomic E-state index is 11.1. The average molecular weight is 273 g/mol. The summed E-state index contributed by atoms with van der Waals surface area (Å²) in [6.07, 6.45) is 2.90. The van der Waals surface area contributed by atoms with E-state index in [1.165, 1.54) is 0 Å². The van der Waals surface area contributed by atoms with Crippen molar-refractivity contribution in [1.82, 2.24) is 4.98 Å². The molecule has 106 valence electrons. The molecule has 1 aliphatic carbocycles. The number of nitriles is 1. The standard InChI is InChI=1S/C15H19N3O2/c1-15(2,3)18(9-13(19)20)14-11(8-16)7-10-5-4-6-12(10)17-14/h7H,4-6,9H2,1-3H3,(H,19,20). The molecule has 0 atom stereocenters. The van der Waals surface area contributed by atoms with Gasteiger partial charge in [-0.3, -0.25) is 4.79 Å². The molecule has 2 rings (SSSR count). The molecule has 0 bridgehead atoms. The molecule has 5 heteroatoms. The first kappa shape index (κ1) is 14.3. The smallest absolute Gasteiger partial charge is 0.323 e. The summed E-state index contributed by atoms with van der Waals surface area (Å²) < 4.78 is 0. The van der Waals surface area contributed by atoms with Crippen LogP contribution in [-0.4, -0.2) is 28.1 Å². The van der Waals surface area contributed by atoms with E-state index < -0.39 is 11.5 Å². The van der Waals surface area contributed by atoms with Gasteiger partial charge in [0, 0.05) is 11.2 Å². The molecule has 0 unspecified atom stereocenters. The fraction of sp³-hybridized carbons (Fsp3) is 0.533. The third-order valence-corrected chi connectivity index (χ3v) is 3.51. The fourth-order valence-electron chi connectivity index (χ4n) is 2.51. The number of fused-ring (bicyclic) bond motifs is 1. The number of carboxylic acid groups (broad SMARTS) is 1. The maximum Gasteiger partial charge on any atom is 0.323 e. The summed E-state index contributed by atoms with van der Waals surface area (Å²) >= 11 is 0. The summed E-state index contributed by atoms with van der Waals surface area (Å²) in [4.78, 5) is 17.4. The summed E-state index contributed by atoms with van der Waals surface area (Å²) in [5.41, 5.74) is 2.17. The molecule has 1 heterocycles. The van der Waals surface area contributed by atoms with Crippen LogP contribution in [0.15, 0.2) is 6.07 Å². The van der Waals surface area contributed by atoms with E-state index in [1.807, 2.05) is 26.8 Å². The molecule has 0 radical (unpaired) electrons. The Bertz CT molecular complexity index is 582. The Morgan fingerprint density at radius 1 is 1.50 bits per heavy atom. The van der Waals surface area contributed by atoms with Crippen molar-refractivity contribution in [3.63, 3.8) is 0 Å². The predicted octanol–water partition coefficient (Wildman–Crippen LogP) is 2.13. The Labute approximate surface area is 118 Å². The summed E-state index contributed by atoms with van der Waals surface area (Å²) in [7, 11) is 0. The van der Waals surface area contributed by atoms with Gasteiger partial charge in [-0.25, -0.2) is 4.98 Å². The highest BCUT2D eigenvalue weighted by atomic mass is 16.4. The molecular weight excluding hydrogens is 254 g/mol. The predicted molar refractivity (Wildman–Crippen MR) is 75.7 cm³/mol. The average Bonchev–Trinajstić information content (AvgIpc) is 2.79. The molecule has 0 fully saturated rings. The van der Waals surface area contributed by atoms with Gasteiger partial charge in [0.1, 0.15) is 18.4 Å². The van der Waals surface area contributed by atoms with Crippen LogP contribution < -0.4 is 4.90 Å². The van der Waals surface area contributed by atoms with Gasteiger partial charge in [-0.05, 0) is 51.7 Å². The summed E-state index contributed by atoms with van der Waals surface area (Å²) in [6.45, 7) is 5.61. The van der Waals surface area contributed by atoms with Gasteiger partial charge in [0.15, 0.2) is 0 Å². The first-order valence-electron chi connectivity index (χ1n) is 6.75. The lowest BCUT2D eigenvalue weighted by molar-refractivity contribution is -0.135. The van der Waals surface area contributed by atoms with Crippen LogP contribution in [-0.2, 0) is 17.6 Å². The molecule has 0 spiro atoms. The van der Waals surface area contributed by atoms with Gasteiger partial charge in [0.05, 0.1) is 5.56 Å². The number of rotatable bonds is 3. The second-order valence-electron chi connectivity index (χ2n) is 6.08. The number of nitrogens with zero attached hydrogens (tertiary/aromatic N) is 3. The van der Waals surface area contributed by atoms with E-state index in [0.717, 1.165) is 30.5 Å². The molecule has 0 saturated heterocycles. The van der Waals surface area contributed by atoms with Crippen molar-refractivity contribution >= 4 is 11.8 Å². The van der Waals surface area contributed by atoms with Crippen molar-refractivity contribution in [3.05, 3.63) is 22.9 Å². The largest absolute Gasteiger partial charge is 0.480 e. The lowest BCUT2D eigenvalue weighted by Crippen LogP contribution is -2.45. The molecule has 5 nitrogen and oxygen atoms in total. The van der Waals surface area contributed by atoms with E-state index in [9.17, 15) is 10.1 Å². The van der Waals surface area contributed by atoms with Crippen molar-refractivity contribution in [2.45, 2.75) is 45.6 Å². The third kappa shape index (κ3) is 2.74. The minimum Gasteiger partial charge on any atom is -0.480 e. The molecule has 0 amide bonds. The van der Waals surface area contributed by atoms with Crippen LogP contribution in [0.2, 0.25) is 0 Å². The fourth-order valence-corrected chi connectivity index (χ4v) is 2.51. The lowest BCUT2D eigenvalue weighted by atomic mass is 10.0. The van der Waals surface area contributed by atoms with Crippen LogP contribution in [0.5, 0.6) is 0 Å². The Morgan fingerprint density at radius 2 is 2.20 bits per heavy atom. The number of pyridine rings is 1. The SMILES string of the molecule is CC(C)(C)N(CC(=O)O)c1nc2c(cc1C#N)CCC2. The highest BCUT2D eigenvalue weighted by molar-refractivity contribution is 5.75. The molecule has 1 aromatic heterocycles. The number of carbonyl (C=O) groups is 1. The van der Waals surface area contributed by atoms with Gasteiger partial charge >= 0.3 is 5.97 Å². The number of anilines is 1. The van der Waals surface area contributed by atoms with Gasteiger partial charge in [-0.15, -0.1) is 0 Å². The van der Waals surface area contributed by atoms with Gasteiger partial charge in [-0.2, -0.15) is 5.26 Å². The van der Waals surface area contributed by atoms with E-state index in [2.05, 4.69) is 11.1 Å². The Kier molecular flexibility index (Phi) is 3.67. The highest BCUT2D eigenvalue weighted by Crippen LogP contribution is 2.30. The van der Waals surface area contributed by atoms with Crippen LogP contribution in [0.4, 0.5) is 5.82 Å². The van der Waals surface area contributed by atoms with Gasteiger partial charge in [0.25, 0.3) is 0 Å². The third-order valence-electron chi connectivity index (χ3n) is 3.51. The number of hydrogen-bond acceptors (Lipinski definition) is 4. The van der Waals surface area contributed by atoms with E-state index in [0.29, 0.717) is 11.4 Å². The Balaban J connectivity index is 2.53. The molecule has 1 N–H and O–H groups in total. The van der Waals surface area contributed by atoms with E-state index >= 15 is 0 Å². The van der Waals surface area contributed by atoms with Crippen molar-refractivity contribution in [3.8, 4) is 6.07 Å². The van der Waals surface area contributed by atoms with Gasteiger partial charge in [0.2, 0.25) is 0 Å². The van der Waals surface area contributed by atoms with Crippen molar-refractivity contribution in [1.29, 1.82) is 5.26 Å². The molecule has 1 aliphatic rings. The number of hydrogen-bond donors (Lipinski definition) is 1. The second-order valence-corrected chi connectivity index (χ2v) is 6.08. The van der Waals surface area contributed by atoms with Crippen molar-refractivity contribution in [2.24, 2.45) is 0 Å². The van der Waals surface area contributed by atoms with Crippen LogP contribution in [0.3, 0.4) is 0 Å². The number of carboxylic acids is 1. The van der Waals surface area contributed by atoms with Crippen LogP contribution in [0.25, 0.3) is 0 Å². The second kappa shape index (κ2) is 5.12. The molecule has 0 aromatic carbocycles. The molecule has 0 aliphatic heterocycles. The molecule has 0 saturated carbocycles. The monoisotopic (exact) mass is 273 g/mol. The molecular formula is C15H19N3O2. The first-order valence-corrected chi connectivity index (χ1v) is 6.75. The van der Waals surface area contributed by atoms with E-state index in [-0.39, 0.29) is 6.54 Å². The normalized spacial score (nSPS) is 13.7. The quantitative estimate of drug-likeness (QED) is 0.912. The van der Waals surface area contributed by atoms with E-state index in [4.69, 9.17) is 5.11 Å². The van der Waals surface area contributed by atoms with Crippen LogP contribution in [0.1, 0.15) is 44.0 Å². The minimum absolute atomic E-state index is 0.163. The molecule has 1 aromatic rings. The Morgan fingerprint density at radius 3 is 2.75 bits per heavy atom. The number of aromatic nitrogens is 1. The van der Waals surface area contributed by atoms with Crippen LogP contribution in [0, 0.1) is 11.3 Å². The van der Waals surface area contributed by atoms with Crippen molar-refractivity contribution < 1.29 is 9.90 Å². The zero-order valence-electron chi connectivity index (χ0n) is 12.1. The lowest BCUT2D eigenvalue weighted by Gasteiger charge is -2.36. The number of aryl methyl sites for hydroxylation is 2.